The van der Waals surface area contributed by atoms with Crippen LogP contribution in [0, 0.1) is 11.7 Å². The van der Waals surface area contributed by atoms with Gasteiger partial charge >= 0.3 is 18.2 Å². The number of urea groups is 1. The predicted octanol–water partition coefficient (Wildman–Crippen LogP) is 1.95. The number of ether oxygens (including phenoxy) is 1. The Hall–Kier alpha value is -2.36. The van der Waals surface area contributed by atoms with Crippen molar-refractivity contribution < 1.29 is 37.0 Å². The number of nitrogens with zero attached hydrogens (tertiary/aromatic N) is 1. The fourth-order valence-electron chi connectivity index (χ4n) is 2.75. The van der Waals surface area contributed by atoms with Crippen LogP contribution in [0.3, 0.4) is 0 Å². The molecule has 1 fully saturated rings. The van der Waals surface area contributed by atoms with E-state index >= 15 is 0 Å². The molecule has 138 valence electrons. The van der Waals surface area contributed by atoms with Crippen molar-refractivity contribution in [3.63, 3.8) is 0 Å². The third-order valence-electron chi connectivity index (χ3n) is 4.05. The van der Waals surface area contributed by atoms with E-state index in [0.29, 0.717) is 0 Å². The molecule has 6 nitrogen and oxygen atoms in total. The molecule has 25 heavy (non-hydrogen) atoms. The topological polar surface area (TPSA) is 78.9 Å². The SMILES string of the molecule is CCOC(=O)[C@H]1[C@H](c2ccc(F)cc2)NC(=O)N(C)[C@]1(O)C(F)(F)F. The summed E-state index contributed by atoms with van der Waals surface area (Å²) in [7, 11) is 0.718. The Kier molecular flexibility index (Phi) is 4.94. The van der Waals surface area contributed by atoms with Crippen molar-refractivity contribution in [2.45, 2.75) is 24.9 Å². The van der Waals surface area contributed by atoms with E-state index in [1.165, 1.54) is 6.92 Å². The van der Waals surface area contributed by atoms with Crippen LogP contribution in [0.5, 0.6) is 0 Å². The van der Waals surface area contributed by atoms with Crippen LogP contribution in [0.2, 0.25) is 0 Å². The summed E-state index contributed by atoms with van der Waals surface area (Å²) < 4.78 is 58.6. The molecule has 0 bridgehead atoms. The van der Waals surface area contributed by atoms with Crippen LogP contribution in [0.25, 0.3) is 0 Å². The number of nitrogens with one attached hydrogen (secondary N) is 1. The van der Waals surface area contributed by atoms with E-state index in [1.807, 2.05) is 0 Å². The summed E-state index contributed by atoms with van der Waals surface area (Å²) in [6.07, 6.45) is -5.34. The van der Waals surface area contributed by atoms with Gasteiger partial charge in [-0.3, -0.25) is 9.69 Å². The second-order valence-corrected chi connectivity index (χ2v) is 5.49. The lowest BCUT2D eigenvalue weighted by molar-refractivity contribution is -0.328. The molecule has 1 saturated heterocycles. The van der Waals surface area contributed by atoms with Gasteiger partial charge in [0.15, 0.2) is 0 Å². The van der Waals surface area contributed by atoms with Crippen LogP contribution in [0.4, 0.5) is 22.4 Å². The zero-order valence-electron chi connectivity index (χ0n) is 13.3. The molecule has 0 aromatic heterocycles. The highest BCUT2D eigenvalue weighted by molar-refractivity contribution is 5.83. The maximum absolute atomic E-state index is 13.6. The van der Waals surface area contributed by atoms with Gasteiger partial charge in [-0.2, -0.15) is 13.2 Å². The Bertz CT molecular complexity index is 664. The quantitative estimate of drug-likeness (QED) is 0.635. The fraction of sp³-hybridized carbons (Fsp3) is 0.467. The second-order valence-electron chi connectivity index (χ2n) is 5.49. The molecule has 1 aromatic rings. The number of rotatable bonds is 3. The van der Waals surface area contributed by atoms with Crippen molar-refractivity contribution in [3.8, 4) is 0 Å². The van der Waals surface area contributed by atoms with Crippen molar-refractivity contribution >= 4 is 12.0 Å². The largest absolute Gasteiger partial charge is 0.466 e. The number of halogens is 4. The van der Waals surface area contributed by atoms with Crippen LogP contribution in [-0.4, -0.2) is 47.6 Å². The van der Waals surface area contributed by atoms with E-state index in [9.17, 15) is 32.3 Å². The summed E-state index contributed by atoms with van der Waals surface area (Å²) >= 11 is 0. The highest BCUT2D eigenvalue weighted by atomic mass is 19.4. The van der Waals surface area contributed by atoms with Gasteiger partial charge in [-0.1, -0.05) is 12.1 Å². The third kappa shape index (κ3) is 3.13. The normalized spacial score (nSPS) is 27.0. The molecule has 1 aromatic carbocycles. The molecule has 1 heterocycles. The molecule has 0 aliphatic carbocycles. The van der Waals surface area contributed by atoms with Gasteiger partial charge < -0.3 is 15.2 Å². The van der Waals surface area contributed by atoms with E-state index in [-0.39, 0.29) is 17.1 Å². The minimum atomic E-state index is -5.34. The molecule has 2 rings (SSSR count). The zero-order chi connectivity index (χ0) is 19.0. The Morgan fingerprint density at radius 2 is 1.92 bits per heavy atom. The molecule has 10 heteroatoms. The van der Waals surface area contributed by atoms with E-state index in [1.54, 1.807) is 0 Å². The standard InChI is InChI=1S/C15H16F4N2O4/c1-3-25-12(22)10-11(8-4-6-9(16)7-5-8)20-13(23)21(2)14(10,24)15(17,18)19/h4-7,10-11,24H,3H2,1-2H3,(H,20,23)/t10-,11+,14-/m1/s1. The Morgan fingerprint density at radius 3 is 2.40 bits per heavy atom. The molecule has 0 spiro atoms. The van der Waals surface area contributed by atoms with Crippen LogP contribution >= 0.6 is 0 Å². The Labute approximate surface area is 140 Å². The highest BCUT2D eigenvalue weighted by Crippen LogP contribution is 2.46. The van der Waals surface area contributed by atoms with Gasteiger partial charge in [0.25, 0.3) is 5.72 Å². The number of benzene rings is 1. The summed E-state index contributed by atoms with van der Waals surface area (Å²) in [5.41, 5.74) is -3.77. The first kappa shape index (κ1) is 19.0. The van der Waals surface area contributed by atoms with Gasteiger partial charge in [0.2, 0.25) is 0 Å². The van der Waals surface area contributed by atoms with Crippen LogP contribution < -0.4 is 5.32 Å². The van der Waals surface area contributed by atoms with Gasteiger partial charge in [0.1, 0.15) is 11.7 Å². The summed E-state index contributed by atoms with van der Waals surface area (Å²) in [6.45, 7) is 1.17. The number of aliphatic hydroxyl groups is 1. The molecule has 1 aliphatic heterocycles. The van der Waals surface area contributed by atoms with E-state index in [4.69, 9.17) is 0 Å². The maximum Gasteiger partial charge on any atom is 0.437 e. The first-order valence-electron chi connectivity index (χ1n) is 7.29. The van der Waals surface area contributed by atoms with Crippen molar-refractivity contribution in [2.24, 2.45) is 5.92 Å². The third-order valence-corrected chi connectivity index (χ3v) is 4.05. The molecule has 2 N–H and O–H groups in total. The summed E-state index contributed by atoms with van der Waals surface area (Å²) in [6, 6.07) is 1.37. The lowest BCUT2D eigenvalue weighted by atomic mass is 9.81. The van der Waals surface area contributed by atoms with Gasteiger partial charge in [-0.05, 0) is 24.6 Å². The van der Waals surface area contributed by atoms with Gasteiger partial charge in [-0.25, -0.2) is 9.18 Å². The first-order valence-corrected chi connectivity index (χ1v) is 7.29. The molecule has 0 saturated carbocycles. The molecule has 2 amide bonds. The fourth-order valence-corrected chi connectivity index (χ4v) is 2.75. The lowest BCUT2D eigenvalue weighted by Gasteiger charge is -2.49. The molecular formula is C15H16F4N2O4. The molecule has 3 atom stereocenters. The molecule has 1 aliphatic rings. The number of carbonyl (C=O) groups excluding carboxylic acids is 2. The summed E-state index contributed by atoms with van der Waals surface area (Å²) in [5.74, 6) is -4.20. The van der Waals surface area contributed by atoms with Crippen LogP contribution in [0.15, 0.2) is 24.3 Å². The molecule has 0 radical (unpaired) electrons. The van der Waals surface area contributed by atoms with Crippen molar-refractivity contribution in [1.82, 2.24) is 10.2 Å². The van der Waals surface area contributed by atoms with E-state index < -0.39 is 41.7 Å². The highest BCUT2D eigenvalue weighted by Gasteiger charge is 2.69. The predicted molar refractivity (Wildman–Crippen MR) is 76.6 cm³/mol. The number of hydrogen-bond donors (Lipinski definition) is 2. The Morgan fingerprint density at radius 1 is 1.36 bits per heavy atom. The number of carbonyl (C=O) groups is 2. The smallest absolute Gasteiger partial charge is 0.437 e. The van der Waals surface area contributed by atoms with Crippen molar-refractivity contribution in [3.05, 3.63) is 35.6 Å². The number of esters is 1. The summed E-state index contributed by atoms with van der Waals surface area (Å²) in [5, 5.41) is 12.6. The van der Waals surface area contributed by atoms with Gasteiger partial charge in [0, 0.05) is 7.05 Å². The van der Waals surface area contributed by atoms with Crippen molar-refractivity contribution in [1.29, 1.82) is 0 Å². The maximum atomic E-state index is 13.6. The number of alkyl halides is 3. The second kappa shape index (κ2) is 6.51. The Balaban J connectivity index is 2.62. The van der Waals surface area contributed by atoms with Crippen LogP contribution in [0.1, 0.15) is 18.5 Å². The zero-order valence-corrected chi connectivity index (χ0v) is 13.3. The number of amides is 2. The van der Waals surface area contributed by atoms with Crippen molar-refractivity contribution in [2.75, 3.05) is 13.7 Å². The lowest BCUT2D eigenvalue weighted by Crippen LogP contribution is -2.73. The monoisotopic (exact) mass is 364 g/mol. The van der Waals surface area contributed by atoms with E-state index in [2.05, 4.69) is 10.1 Å². The number of hydrogen-bond acceptors (Lipinski definition) is 4. The minimum Gasteiger partial charge on any atom is -0.466 e. The van der Waals surface area contributed by atoms with E-state index in [0.717, 1.165) is 31.3 Å². The minimum absolute atomic E-state index is 0.00854. The van der Waals surface area contributed by atoms with Gasteiger partial charge in [0.05, 0.1) is 12.6 Å². The van der Waals surface area contributed by atoms with Gasteiger partial charge in [-0.15, -0.1) is 0 Å². The summed E-state index contributed by atoms with van der Waals surface area (Å²) in [4.78, 5) is 24.2. The average Bonchev–Trinajstić information content (AvgIpc) is 2.52. The van der Waals surface area contributed by atoms with Crippen LogP contribution in [-0.2, 0) is 9.53 Å². The molecular weight excluding hydrogens is 348 g/mol. The molecule has 0 unspecified atom stereocenters. The average molecular weight is 364 g/mol. The first-order chi connectivity index (χ1) is 11.5.